The van der Waals surface area contributed by atoms with Crippen LogP contribution in [0, 0.1) is 5.92 Å². The van der Waals surface area contributed by atoms with Crippen LogP contribution in [-0.2, 0) is 4.79 Å². The summed E-state index contributed by atoms with van der Waals surface area (Å²) in [5, 5.41) is 16.8. The van der Waals surface area contributed by atoms with Crippen LogP contribution in [0.5, 0.6) is 5.88 Å². The molecule has 0 amide bonds. The number of aromatic nitrogens is 2. The molecule has 0 aliphatic carbocycles. The third kappa shape index (κ3) is 2.88. The van der Waals surface area contributed by atoms with Crippen molar-refractivity contribution in [1.29, 1.82) is 0 Å². The van der Waals surface area contributed by atoms with Crippen LogP contribution in [0.25, 0.3) is 0 Å². The van der Waals surface area contributed by atoms with Crippen molar-refractivity contribution in [2.45, 2.75) is 19.8 Å². The van der Waals surface area contributed by atoms with Gasteiger partial charge in [0.2, 0.25) is 5.88 Å². The maximum atomic E-state index is 11.0. The molecule has 2 rings (SSSR count). The van der Waals surface area contributed by atoms with Gasteiger partial charge >= 0.3 is 5.97 Å². The van der Waals surface area contributed by atoms with Gasteiger partial charge in [-0.1, -0.05) is 0 Å². The van der Waals surface area contributed by atoms with E-state index >= 15 is 0 Å². The third-order valence-corrected chi connectivity index (χ3v) is 3.05. The standard InChI is InChI=1S/C12H17N3O3/c1-2-18-11-6-10(7-13-14-11)15-5-3-4-9(8-15)12(16)17/h6-7,9H,2-5,8H2,1H3,(H,16,17). The van der Waals surface area contributed by atoms with Crippen LogP contribution in [0.3, 0.4) is 0 Å². The quantitative estimate of drug-likeness (QED) is 0.866. The Morgan fingerprint density at radius 3 is 3.22 bits per heavy atom. The van der Waals surface area contributed by atoms with E-state index < -0.39 is 5.97 Å². The van der Waals surface area contributed by atoms with E-state index in [0.29, 0.717) is 19.0 Å². The fourth-order valence-electron chi connectivity index (χ4n) is 2.14. The first-order chi connectivity index (χ1) is 8.70. The molecule has 1 aromatic rings. The average Bonchev–Trinajstić information content (AvgIpc) is 2.39. The maximum Gasteiger partial charge on any atom is 0.308 e. The van der Waals surface area contributed by atoms with Crippen LogP contribution >= 0.6 is 0 Å². The van der Waals surface area contributed by atoms with Crippen LogP contribution in [0.15, 0.2) is 12.3 Å². The van der Waals surface area contributed by atoms with Gasteiger partial charge in [0.15, 0.2) is 0 Å². The van der Waals surface area contributed by atoms with Crippen molar-refractivity contribution < 1.29 is 14.6 Å². The smallest absolute Gasteiger partial charge is 0.308 e. The van der Waals surface area contributed by atoms with Crippen molar-refractivity contribution in [3.8, 4) is 5.88 Å². The van der Waals surface area contributed by atoms with Crippen molar-refractivity contribution >= 4 is 11.7 Å². The summed E-state index contributed by atoms with van der Waals surface area (Å²) >= 11 is 0. The summed E-state index contributed by atoms with van der Waals surface area (Å²) in [6.07, 6.45) is 3.26. The zero-order chi connectivity index (χ0) is 13.0. The number of hydrogen-bond donors (Lipinski definition) is 1. The predicted molar refractivity (Wildman–Crippen MR) is 65.8 cm³/mol. The third-order valence-electron chi connectivity index (χ3n) is 3.05. The van der Waals surface area contributed by atoms with Gasteiger partial charge in [0.05, 0.1) is 24.4 Å². The molecular formula is C12H17N3O3. The number of carboxylic acids is 1. The van der Waals surface area contributed by atoms with E-state index in [2.05, 4.69) is 10.2 Å². The highest BCUT2D eigenvalue weighted by Gasteiger charge is 2.25. The Bertz CT molecular complexity index is 425. The average molecular weight is 251 g/mol. The summed E-state index contributed by atoms with van der Waals surface area (Å²) in [4.78, 5) is 13.0. The first kappa shape index (κ1) is 12.6. The van der Waals surface area contributed by atoms with Crippen molar-refractivity contribution in [1.82, 2.24) is 10.2 Å². The van der Waals surface area contributed by atoms with Gasteiger partial charge in [-0.2, -0.15) is 5.10 Å². The molecule has 1 fully saturated rings. The number of carbonyl (C=O) groups is 1. The number of carboxylic acid groups (broad SMARTS) is 1. The van der Waals surface area contributed by atoms with Crippen LogP contribution in [0.4, 0.5) is 5.69 Å². The Morgan fingerprint density at radius 1 is 1.67 bits per heavy atom. The molecule has 1 aliphatic rings. The number of nitrogens with zero attached hydrogens (tertiary/aromatic N) is 3. The maximum absolute atomic E-state index is 11.0. The second-order valence-electron chi connectivity index (χ2n) is 4.31. The largest absolute Gasteiger partial charge is 0.481 e. The molecule has 1 aromatic heterocycles. The number of aliphatic carboxylic acids is 1. The normalized spacial score (nSPS) is 19.6. The Balaban J connectivity index is 2.10. The molecule has 0 radical (unpaired) electrons. The minimum atomic E-state index is -0.730. The summed E-state index contributed by atoms with van der Waals surface area (Å²) in [6.45, 7) is 3.79. The highest BCUT2D eigenvalue weighted by atomic mass is 16.5. The van der Waals surface area contributed by atoms with Gasteiger partial charge in [-0.25, -0.2) is 0 Å². The molecule has 6 heteroatoms. The molecule has 1 aliphatic heterocycles. The Labute approximate surface area is 106 Å². The van der Waals surface area contributed by atoms with Gasteiger partial charge in [0, 0.05) is 19.2 Å². The predicted octanol–water partition coefficient (Wildman–Crippen LogP) is 1.18. The van der Waals surface area contributed by atoms with Gasteiger partial charge in [0.25, 0.3) is 0 Å². The van der Waals surface area contributed by atoms with Crippen molar-refractivity contribution in [2.24, 2.45) is 5.92 Å². The fourth-order valence-corrected chi connectivity index (χ4v) is 2.14. The van der Waals surface area contributed by atoms with E-state index in [9.17, 15) is 4.79 Å². The summed E-state index contributed by atoms with van der Waals surface area (Å²) in [6, 6.07) is 1.81. The first-order valence-corrected chi connectivity index (χ1v) is 6.14. The minimum Gasteiger partial charge on any atom is -0.481 e. The zero-order valence-corrected chi connectivity index (χ0v) is 10.4. The van der Waals surface area contributed by atoms with Crippen LogP contribution in [0.1, 0.15) is 19.8 Å². The monoisotopic (exact) mass is 251 g/mol. The molecule has 0 aromatic carbocycles. The topological polar surface area (TPSA) is 75.5 Å². The molecule has 98 valence electrons. The summed E-state index contributed by atoms with van der Waals surface area (Å²) in [7, 11) is 0. The van der Waals surface area contributed by atoms with Gasteiger partial charge in [0.1, 0.15) is 0 Å². The van der Waals surface area contributed by atoms with Crippen molar-refractivity contribution in [2.75, 3.05) is 24.6 Å². The highest BCUT2D eigenvalue weighted by Crippen LogP contribution is 2.24. The Kier molecular flexibility index (Phi) is 3.96. The van der Waals surface area contributed by atoms with E-state index in [0.717, 1.165) is 25.1 Å². The molecule has 1 N–H and O–H groups in total. The summed E-state index contributed by atoms with van der Waals surface area (Å²) in [5.41, 5.74) is 0.874. The fraction of sp³-hybridized carbons (Fsp3) is 0.583. The van der Waals surface area contributed by atoms with Crippen LogP contribution in [0.2, 0.25) is 0 Å². The molecule has 1 saturated heterocycles. The number of hydrogen-bond acceptors (Lipinski definition) is 5. The number of piperidine rings is 1. The number of rotatable bonds is 4. The molecule has 1 unspecified atom stereocenters. The second-order valence-corrected chi connectivity index (χ2v) is 4.31. The van der Waals surface area contributed by atoms with E-state index in [1.165, 1.54) is 0 Å². The van der Waals surface area contributed by atoms with Gasteiger partial charge < -0.3 is 14.7 Å². The Hall–Kier alpha value is -1.85. The van der Waals surface area contributed by atoms with Gasteiger partial charge in [-0.15, -0.1) is 5.10 Å². The van der Waals surface area contributed by atoms with Crippen LogP contribution < -0.4 is 9.64 Å². The SMILES string of the molecule is CCOc1cc(N2CCCC(C(=O)O)C2)cnn1. The molecule has 18 heavy (non-hydrogen) atoms. The van der Waals surface area contributed by atoms with E-state index in [-0.39, 0.29) is 5.92 Å². The summed E-state index contributed by atoms with van der Waals surface area (Å²) < 4.78 is 5.30. The number of ether oxygens (including phenoxy) is 1. The van der Waals surface area contributed by atoms with E-state index in [1.54, 1.807) is 12.3 Å². The summed E-state index contributed by atoms with van der Waals surface area (Å²) in [5.74, 6) is -0.554. The zero-order valence-electron chi connectivity index (χ0n) is 10.4. The lowest BCUT2D eigenvalue weighted by molar-refractivity contribution is -0.141. The first-order valence-electron chi connectivity index (χ1n) is 6.14. The van der Waals surface area contributed by atoms with Crippen LogP contribution in [-0.4, -0.2) is 41.0 Å². The van der Waals surface area contributed by atoms with E-state index in [1.807, 2.05) is 11.8 Å². The van der Waals surface area contributed by atoms with Crippen molar-refractivity contribution in [3.05, 3.63) is 12.3 Å². The Morgan fingerprint density at radius 2 is 2.50 bits per heavy atom. The molecule has 0 bridgehead atoms. The molecule has 2 heterocycles. The molecular weight excluding hydrogens is 234 g/mol. The molecule has 0 spiro atoms. The molecule has 0 saturated carbocycles. The second kappa shape index (κ2) is 5.66. The molecule has 6 nitrogen and oxygen atoms in total. The van der Waals surface area contributed by atoms with E-state index in [4.69, 9.17) is 9.84 Å². The lowest BCUT2D eigenvalue weighted by Gasteiger charge is -2.32. The molecule has 1 atom stereocenters. The lowest BCUT2D eigenvalue weighted by Crippen LogP contribution is -2.38. The number of anilines is 1. The lowest BCUT2D eigenvalue weighted by atomic mass is 9.98. The minimum absolute atomic E-state index is 0.303. The van der Waals surface area contributed by atoms with Crippen molar-refractivity contribution in [3.63, 3.8) is 0 Å². The van der Waals surface area contributed by atoms with Gasteiger partial charge in [-0.3, -0.25) is 4.79 Å². The van der Waals surface area contributed by atoms with Gasteiger partial charge in [-0.05, 0) is 19.8 Å². The highest BCUT2D eigenvalue weighted by molar-refractivity contribution is 5.71.